The predicted molar refractivity (Wildman–Crippen MR) is 338 cm³/mol. The van der Waals surface area contributed by atoms with E-state index in [4.69, 9.17) is 14.2 Å². The standard InChI is InChI=1S/C72H110O6/c1-4-7-10-13-16-19-22-25-27-28-29-30-31-32-33-34-35-36-37-38-39-40-41-42-43-44-45-48-50-53-56-59-62-65-71(74)77-68-69(67-76-70(73)64-61-58-55-52-49-46-24-21-18-15-12-9-6-3)78-72(75)66-63-60-57-54-51-47-26-23-20-17-14-11-8-5-2/h7,9-10,12,14,16-19,21,23,25-27,29-30,32-33,35-36,38-39,41-42,44-46,49,55,58,69H,4-6,8,11,13,15,20,22,24,28,31,34,37,40,43,47-48,50-54,56-57,59-68H2,1-3H3/b10-7-,12-9-,17-14-,19-16-,21-18-,26-23-,27-25-,30-29-,33-32-,36-35-,39-38-,42-41-,45-44-,49-46-,58-55-. The molecule has 0 bridgehead atoms. The number of carbonyl (C=O) groups is 3. The Balaban J connectivity index is 4.38. The maximum absolute atomic E-state index is 12.8. The summed E-state index contributed by atoms with van der Waals surface area (Å²) in [6, 6.07) is 0. The van der Waals surface area contributed by atoms with Crippen LogP contribution in [0.25, 0.3) is 0 Å². The van der Waals surface area contributed by atoms with E-state index in [1.54, 1.807) is 0 Å². The molecule has 6 heteroatoms. The Hall–Kier alpha value is -5.49. The van der Waals surface area contributed by atoms with Crippen LogP contribution >= 0.6 is 0 Å². The second kappa shape index (κ2) is 64.0. The number of rotatable bonds is 53. The number of unbranched alkanes of at least 4 members (excludes halogenated alkanes) is 12. The van der Waals surface area contributed by atoms with Gasteiger partial charge in [-0.1, -0.05) is 254 Å². The van der Waals surface area contributed by atoms with Crippen molar-refractivity contribution in [3.05, 3.63) is 182 Å². The van der Waals surface area contributed by atoms with Crippen molar-refractivity contribution in [2.24, 2.45) is 0 Å². The molecule has 0 saturated carbocycles. The SMILES string of the molecule is CC/C=C\C/C=C\C/C=C\C/C=C\C/C=C\C/C=C\C/C=C\C/C=C\C/C=C\CCCCCCCC(=O)OCC(COC(=O)CC/C=C\C/C=C\C/C=C\C/C=C\CC)OC(=O)CCCCCCC/C=C\C/C=C\CCCC. The zero-order valence-corrected chi connectivity index (χ0v) is 49.6. The van der Waals surface area contributed by atoms with Gasteiger partial charge >= 0.3 is 17.9 Å². The summed E-state index contributed by atoms with van der Waals surface area (Å²) in [5.41, 5.74) is 0. The van der Waals surface area contributed by atoms with Crippen molar-refractivity contribution < 1.29 is 28.6 Å². The molecule has 0 rings (SSSR count). The van der Waals surface area contributed by atoms with Gasteiger partial charge in [-0.2, -0.15) is 0 Å². The normalized spacial score (nSPS) is 13.4. The first-order valence-corrected chi connectivity index (χ1v) is 30.8. The third-order valence-electron chi connectivity index (χ3n) is 12.1. The van der Waals surface area contributed by atoms with Crippen molar-refractivity contribution in [1.29, 1.82) is 0 Å². The molecule has 0 aromatic carbocycles. The van der Waals surface area contributed by atoms with Crippen molar-refractivity contribution in [3.63, 3.8) is 0 Å². The highest BCUT2D eigenvalue weighted by Crippen LogP contribution is 2.12. The van der Waals surface area contributed by atoms with Crippen molar-refractivity contribution >= 4 is 17.9 Å². The van der Waals surface area contributed by atoms with Crippen LogP contribution in [-0.4, -0.2) is 37.2 Å². The Kier molecular flexibility index (Phi) is 59.5. The van der Waals surface area contributed by atoms with Crippen LogP contribution in [0.2, 0.25) is 0 Å². The molecule has 0 aliphatic rings. The van der Waals surface area contributed by atoms with Gasteiger partial charge in [-0.25, -0.2) is 0 Å². The fourth-order valence-electron chi connectivity index (χ4n) is 7.58. The van der Waals surface area contributed by atoms with E-state index >= 15 is 0 Å². The molecule has 6 nitrogen and oxygen atoms in total. The summed E-state index contributed by atoms with van der Waals surface area (Å²) in [4.78, 5) is 38.1. The minimum Gasteiger partial charge on any atom is -0.462 e. The van der Waals surface area contributed by atoms with Crippen LogP contribution in [0, 0.1) is 0 Å². The highest BCUT2D eigenvalue weighted by Gasteiger charge is 2.19. The number of allylic oxidation sites excluding steroid dienone is 30. The molecule has 0 saturated heterocycles. The maximum Gasteiger partial charge on any atom is 0.306 e. The van der Waals surface area contributed by atoms with E-state index in [9.17, 15) is 14.4 Å². The lowest BCUT2D eigenvalue weighted by Gasteiger charge is -2.18. The fourth-order valence-corrected chi connectivity index (χ4v) is 7.58. The first-order valence-electron chi connectivity index (χ1n) is 30.8. The second-order valence-corrected chi connectivity index (χ2v) is 19.5. The summed E-state index contributed by atoms with van der Waals surface area (Å²) in [6.45, 7) is 6.25. The number of hydrogen-bond donors (Lipinski definition) is 0. The molecule has 0 amide bonds. The minimum atomic E-state index is -0.832. The zero-order valence-electron chi connectivity index (χ0n) is 49.6. The highest BCUT2D eigenvalue weighted by atomic mass is 16.6. The van der Waals surface area contributed by atoms with Crippen molar-refractivity contribution in [2.75, 3.05) is 13.2 Å². The third kappa shape index (κ3) is 61.4. The Morgan fingerprint density at radius 1 is 0.269 bits per heavy atom. The molecule has 0 heterocycles. The summed E-state index contributed by atoms with van der Waals surface area (Å²) >= 11 is 0. The lowest BCUT2D eigenvalue weighted by atomic mass is 10.1. The van der Waals surface area contributed by atoms with Gasteiger partial charge in [-0.15, -0.1) is 0 Å². The van der Waals surface area contributed by atoms with Crippen LogP contribution in [0.5, 0.6) is 0 Å². The van der Waals surface area contributed by atoms with E-state index < -0.39 is 6.10 Å². The van der Waals surface area contributed by atoms with Crippen LogP contribution in [0.4, 0.5) is 0 Å². The molecular formula is C72H110O6. The Bertz CT molecular complexity index is 1850. The Morgan fingerprint density at radius 3 is 0.859 bits per heavy atom. The van der Waals surface area contributed by atoms with Gasteiger partial charge in [0.05, 0.1) is 0 Å². The lowest BCUT2D eigenvalue weighted by Crippen LogP contribution is -2.30. The summed E-state index contributed by atoms with van der Waals surface area (Å²) in [7, 11) is 0. The van der Waals surface area contributed by atoms with Gasteiger partial charge in [0, 0.05) is 19.3 Å². The summed E-state index contributed by atoms with van der Waals surface area (Å²) < 4.78 is 16.8. The van der Waals surface area contributed by atoms with E-state index in [2.05, 4.69) is 191 Å². The molecular weight excluding hydrogens is 961 g/mol. The molecule has 1 atom stereocenters. The summed E-state index contributed by atoms with van der Waals surface area (Å²) in [6.07, 6.45) is 96.3. The molecule has 0 aromatic heterocycles. The monoisotopic (exact) mass is 1070 g/mol. The van der Waals surface area contributed by atoms with Crippen LogP contribution in [0.1, 0.15) is 233 Å². The topological polar surface area (TPSA) is 78.9 Å². The number of hydrogen-bond acceptors (Lipinski definition) is 6. The molecule has 0 aliphatic carbocycles. The molecule has 0 fully saturated rings. The van der Waals surface area contributed by atoms with Gasteiger partial charge in [0.1, 0.15) is 13.2 Å². The predicted octanol–water partition coefficient (Wildman–Crippen LogP) is 21.3. The average Bonchev–Trinajstić information content (AvgIpc) is 3.44. The van der Waals surface area contributed by atoms with E-state index in [-0.39, 0.29) is 44.0 Å². The Labute approximate surface area is 478 Å². The maximum atomic E-state index is 12.8. The van der Waals surface area contributed by atoms with Crippen LogP contribution < -0.4 is 0 Å². The molecule has 0 aromatic rings. The second-order valence-electron chi connectivity index (χ2n) is 19.5. The quantitative estimate of drug-likeness (QED) is 0.0261. The summed E-state index contributed by atoms with van der Waals surface area (Å²) in [5.74, 6) is -1.05. The van der Waals surface area contributed by atoms with Gasteiger partial charge in [0.15, 0.2) is 6.10 Å². The van der Waals surface area contributed by atoms with E-state index in [0.717, 1.165) is 167 Å². The fraction of sp³-hybridized carbons (Fsp3) is 0.542. The molecule has 434 valence electrons. The van der Waals surface area contributed by atoms with Gasteiger partial charge in [0.2, 0.25) is 0 Å². The van der Waals surface area contributed by atoms with Crippen molar-refractivity contribution in [3.8, 4) is 0 Å². The molecule has 0 radical (unpaired) electrons. The lowest BCUT2D eigenvalue weighted by molar-refractivity contribution is -0.166. The first-order chi connectivity index (χ1) is 38.5. The molecule has 0 aliphatic heterocycles. The average molecular weight is 1070 g/mol. The third-order valence-corrected chi connectivity index (χ3v) is 12.1. The largest absolute Gasteiger partial charge is 0.462 e. The number of ether oxygens (including phenoxy) is 3. The van der Waals surface area contributed by atoms with Crippen LogP contribution in [0.3, 0.4) is 0 Å². The van der Waals surface area contributed by atoms with Gasteiger partial charge in [-0.05, 0) is 141 Å². The van der Waals surface area contributed by atoms with Gasteiger partial charge in [-0.3, -0.25) is 14.4 Å². The summed E-state index contributed by atoms with van der Waals surface area (Å²) in [5, 5.41) is 0. The number of esters is 3. The highest BCUT2D eigenvalue weighted by molar-refractivity contribution is 5.71. The van der Waals surface area contributed by atoms with E-state index in [0.29, 0.717) is 12.8 Å². The molecule has 0 N–H and O–H groups in total. The van der Waals surface area contributed by atoms with E-state index in [1.807, 2.05) is 12.2 Å². The first kappa shape index (κ1) is 72.5. The van der Waals surface area contributed by atoms with Crippen molar-refractivity contribution in [2.45, 2.75) is 239 Å². The molecule has 1 unspecified atom stereocenters. The molecule has 0 spiro atoms. The zero-order chi connectivity index (χ0) is 56.4. The molecule has 78 heavy (non-hydrogen) atoms. The minimum absolute atomic E-state index is 0.125. The van der Waals surface area contributed by atoms with Gasteiger partial charge < -0.3 is 14.2 Å². The van der Waals surface area contributed by atoms with Crippen LogP contribution in [0.15, 0.2) is 182 Å². The van der Waals surface area contributed by atoms with Crippen LogP contribution in [-0.2, 0) is 28.6 Å². The van der Waals surface area contributed by atoms with E-state index in [1.165, 1.54) is 19.3 Å². The van der Waals surface area contributed by atoms with Crippen molar-refractivity contribution in [1.82, 2.24) is 0 Å². The van der Waals surface area contributed by atoms with Gasteiger partial charge in [0.25, 0.3) is 0 Å². The Morgan fingerprint density at radius 2 is 0.526 bits per heavy atom. The smallest absolute Gasteiger partial charge is 0.306 e. The number of carbonyl (C=O) groups excluding carboxylic acids is 3.